The van der Waals surface area contributed by atoms with E-state index in [1.54, 1.807) is 6.07 Å². The van der Waals surface area contributed by atoms with E-state index in [1.165, 1.54) is 46.7 Å². The van der Waals surface area contributed by atoms with Crippen LogP contribution < -0.4 is 62.2 Å². The second-order valence-corrected chi connectivity index (χ2v) is 48.1. The van der Waals surface area contributed by atoms with Crippen LogP contribution in [0.3, 0.4) is 0 Å². The van der Waals surface area contributed by atoms with Gasteiger partial charge in [0.1, 0.15) is 0 Å². The molecule has 0 aliphatic carbocycles. The molecule has 15 heteroatoms. The first kappa shape index (κ1) is 94.0. The van der Waals surface area contributed by atoms with E-state index < -0.39 is 24.2 Å². The van der Waals surface area contributed by atoms with Gasteiger partial charge in [0.15, 0.2) is 47.0 Å². The summed E-state index contributed by atoms with van der Waals surface area (Å²) >= 11 is 0. The molecular weight excluding hydrogens is 1870 g/mol. The molecule has 0 unspecified atom stereocenters. The van der Waals surface area contributed by atoms with Crippen LogP contribution in [0.25, 0.3) is 140 Å². The van der Waals surface area contributed by atoms with Crippen molar-refractivity contribution in [3.8, 4) is 74.7 Å². The fourth-order valence-electron chi connectivity index (χ4n) is 22.4. The summed E-state index contributed by atoms with van der Waals surface area (Å²) in [6.45, 7) is 41.3. The number of hydrogen-bond acceptors (Lipinski definition) is 4. The molecule has 150 heavy (non-hydrogen) atoms. The molecule has 0 bridgehead atoms. The lowest BCUT2D eigenvalue weighted by molar-refractivity contribution is 1.18. The number of hydrogen-bond donors (Lipinski definition) is 0. The maximum atomic E-state index is 10.6. The van der Waals surface area contributed by atoms with Gasteiger partial charge < -0.3 is 13.7 Å². The molecule has 0 radical (unpaired) electrons. The van der Waals surface area contributed by atoms with Crippen molar-refractivity contribution in [3.05, 3.63) is 589 Å². The Labute approximate surface area is 872 Å². The van der Waals surface area contributed by atoms with Gasteiger partial charge in [0.2, 0.25) is 5.69 Å². The van der Waals surface area contributed by atoms with Crippen molar-refractivity contribution in [1.29, 1.82) is 21.0 Å². The van der Waals surface area contributed by atoms with E-state index in [4.69, 9.17) is 32.9 Å². The van der Waals surface area contributed by atoms with Gasteiger partial charge in [0.05, 0.1) is 112 Å². The Balaban J connectivity index is 0.000000127. The standard InChI is InChI=1S/3C45H28N4Si/c1-47-34-29-41(48-2)45(33-23-25-35(26-24-33)49-42-21-13-12-20-39(42)40-28-32(31-46)22-27-43(40)49)44(30-34)50(36-14-6-3-7-15-36,37-16-8-4-9-17-37)38-18-10-5-11-19-38;1-47-34-27-33(28-39(29-34)50(36-14-6-3-7-15-36,37-16-8-4-9-17-37)38-18-10-5-11-19-38)40-24-23-35(30-43(40)48-2)49-44-21-13-12-20-41(44)42-26-32(31-46)22-25-45(42)49;1-48-45-34(31-47)28-39(50(36-16-5-2-6-17-36,37-18-7-3-8-19-37)38-20-9-4-10-21-38)29-41(45)33-14-13-15-35(27-33)49-43-23-12-11-22-40(43)42-26-32(30-46)24-25-44(42)49/h2*3-30H;2-29H. The van der Waals surface area contributed by atoms with E-state index in [1.807, 2.05) is 188 Å². The topological polar surface area (TPSA) is 132 Å². The van der Waals surface area contributed by atoms with Gasteiger partial charge >= 0.3 is 0 Å². The fourth-order valence-corrected chi connectivity index (χ4v) is 37.0. The smallest absolute Gasteiger partial charge is 0.212 e. The largest absolute Gasteiger partial charge is 0.311 e. The number of aromatic nitrogens is 3. The van der Waals surface area contributed by atoms with Crippen LogP contribution in [-0.2, 0) is 0 Å². The van der Waals surface area contributed by atoms with Crippen molar-refractivity contribution in [1.82, 2.24) is 13.7 Å². The average Bonchev–Trinajstić information content (AvgIpc) is 1.18. The molecule has 0 N–H and O–H groups in total. The number of nitrogens with zero attached hydrogens (tertiary/aromatic N) is 12. The lowest BCUT2D eigenvalue weighted by Gasteiger charge is -2.36. The molecule has 0 aliphatic heterocycles. The molecule has 0 saturated heterocycles. The molecule has 3 aromatic heterocycles. The van der Waals surface area contributed by atoms with Gasteiger partial charge in [-0.3, -0.25) is 0 Å². The van der Waals surface area contributed by atoms with Gasteiger partial charge in [-0.05, 0) is 201 Å². The van der Waals surface area contributed by atoms with Gasteiger partial charge in [0, 0.05) is 49.4 Å². The number of benzene rings is 21. The van der Waals surface area contributed by atoms with Gasteiger partial charge in [-0.1, -0.05) is 405 Å². The van der Waals surface area contributed by atoms with Crippen LogP contribution in [0.4, 0.5) is 28.4 Å². The summed E-state index contributed by atoms with van der Waals surface area (Å²) in [5.41, 5.74) is 18.3. The zero-order valence-corrected chi connectivity index (χ0v) is 83.9. The van der Waals surface area contributed by atoms with Crippen molar-refractivity contribution in [2.24, 2.45) is 0 Å². The Bertz CT molecular complexity index is 9510. The highest BCUT2D eigenvalue weighted by atomic mass is 28.3. The highest BCUT2D eigenvalue weighted by Crippen LogP contribution is 2.44. The maximum Gasteiger partial charge on any atom is 0.212 e. The van der Waals surface area contributed by atoms with Gasteiger partial charge in [-0.15, -0.1) is 0 Å². The number of nitriles is 4. The molecule has 0 fully saturated rings. The third kappa shape index (κ3) is 16.5. The molecular formula is C135H84N12Si3. The van der Waals surface area contributed by atoms with E-state index in [0.717, 1.165) is 131 Å². The second kappa shape index (κ2) is 40.8. The molecule has 24 rings (SSSR count). The predicted octanol–water partition coefficient (Wildman–Crippen LogP) is 25.7. The van der Waals surface area contributed by atoms with E-state index in [-0.39, 0.29) is 0 Å². The van der Waals surface area contributed by atoms with E-state index in [0.29, 0.717) is 50.7 Å². The maximum absolute atomic E-state index is 10.6. The van der Waals surface area contributed by atoms with E-state index >= 15 is 0 Å². The monoisotopic (exact) mass is 1960 g/mol. The number of fused-ring (bicyclic) bond motifs is 9. The first-order valence-electron chi connectivity index (χ1n) is 49.0. The van der Waals surface area contributed by atoms with Gasteiger partial charge in [0.25, 0.3) is 0 Å². The van der Waals surface area contributed by atoms with Crippen molar-refractivity contribution >= 4 is 180 Å². The summed E-state index contributed by atoms with van der Waals surface area (Å²) in [6, 6.07) is 183. The minimum absolute atomic E-state index is 0.339. The highest BCUT2D eigenvalue weighted by Gasteiger charge is 2.46. The van der Waals surface area contributed by atoms with Crippen LogP contribution in [-0.4, -0.2) is 37.9 Å². The first-order valence-corrected chi connectivity index (χ1v) is 55.0. The van der Waals surface area contributed by atoms with Crippen molar-refractivity contribution in [3.63, 3.8) is 0 Å². The zero-order chi connectivity index (χ0) is 102. The SMILES string of the molecule is [C-]#[N+]c1c(C#N)cc([Si](c2ccccc2)(c2ccccc2)c2ccccc2)cc1-c1cccc(-n2c3ccccc3c3cc(C#N)ccc32)c1.[C-]#[N+]c1cc(-c2ccc(-n3c4ccccc4c4cc(C#N)ccc43)cc2[N+]#[C-])cc([Si](c2ccccc2)(c2ccccc2)c2ccccc2)c1.[C-]#[N+]c1cc([N+]#[C-])c(-c2ccc(-n3c4ccccc4c4cc(C#N)ccc43)cc2)c([Si](c2ccccc2)(c2ccccc2)c2ccccc2)c1. The quantitative estimate of drug-likeness (QED) is 0.0481. The number of para-hydroxylation sites is 3. The molecule has 0 atom stereocenters. The average molecular weight is 1960 g/mol. The van der Waals surface area contributed by atoms with Crippen molar-refractivity contribution in [2.45, 2.75) is 0 Å². The third-order valence-corrected chi connectivity index (χ3v) is 43.1. The van der Waals surface area contributed by atoms with Crippen molar-refractivity contribution < 1.29 is 0 Å². The molecule has 0 spiro atoms. The summed E-state index contributed by atoms with van der Waals surface area (Å²) in [4.78, 5) is 20.0. The Hall–Kier alpha value is -20.9. The first-order chi connectivity index (χ1) is 74.0. The minimum Gasteiger partial charge on any atom is -0.311 e. The zero-order valence-electron chi connectivity index (χ0n) is 80.9. The van der Waals surface area contributed by atoms with Crippen molar-refractivity contribution in [2.75, 3.05) is 0 Å². The second-order valence-electron chi connectivity index (χ2n) is 36.7. The third-order valence-electron chi connectivity index (χ3n) is 28.8. The van der Waals surface area contributed by atoms with Gasteiger partial charge in [-0.25, -0.2) is 24.2 Å². The molecule has 21 aromatic carbocycles. The highest BCUT2D eigenvalue weighted by molar-refractivity contribution is 7.21. The van der Waals surface area contributed by atoms with E-state index in [2.05, 4.69) is 378 Å². The molecule has 3 heterocycles. The Morgan fingerprint density at radius 2 is 0.540 bits per heavy atom. The molecule has 24 aromatic rings. The lowest BCUT2D eigenvalue weighted by atomic mass is 10.00. The molecule has 696 valence electrons. The normalized spacial score (nSPS) is 11.1. The van der Waals surface area contributed by atoms with Crippen LogP contribution in [0.2, 0.25) is 0 Å². The summed E-state index contributed by atoms with van der Waals surface area (Å²) in [6.07, 6.45) is 0. The van der Waals surface area contributed by atoms with Gasteiger partial charge in [-0.2, -0.15) is 21.0 Å². The molecule has 12 nitrogen and oxygen atoms in total. The Morgan fingerprint density at radius 3 is 0.907 bits per heavy atom. The summed E-state index contributed by atoms with van der Waals surface area (Å²) in [7, 11) is -8.98. The minimum atomic E-state index is -3.09. The van der Waals surface area contributed by atoms with Crippen LogP contribution in [0.1, 0.15) is 22.3 Å². The number of rotatable bonds is 18. The Kier molecular flexibility index (Phi) is 25.6. The predicted molar refractivity (Wildman–Crippen MR) is 620 cm³/mol. The van der Waals surface area contributed by atoms with E-state index in [9.17, 15) is 21.0 Å². The van der Waals surface area contributed by atoms with Crippen LogP contribution >= 0.6 is 0 Å². The van der Waals surface area contributed by atoms with Crippen LogP contribution in [0.15, 0.2) is 510 Å². The summed E-state index contributed by atoms with van der Waals surface area (Å²) in [5, 5.41) is 59.6. The molecule has 0 amide bonds. The molecule has 0 saturated carbocycles. The Morgan fingerprint density at radius 1 is 0.200 bits per heavy atom. The van der Waals surface area contributed by atoms with Crippen LogP contribution in [0.5, 0.6) is 0 Å². The lowest BCUT2D eigenvalue weighted by Crippen LogP contribution is -2.75. The molecule has 0 aliphatic rings. The van der Waals surface area contributed by atoms with Crippen LogP contribution in [0, 0.1) is 78.2 Å². The fraction of sp³-hybridized carbons (Fsp3) is 0. The summed E-state index contributed by atoms with van der Waals surface area (Å²) < 4.78 is 6.59. The summed E-state index contributed by atoms with van der Waals surface area (Å²) in [5.74, 6) is 0.